The smallest absolute Gasteiger partial charge is 0.249 e. The van der Waals surface area contributed by atoms with Gasteiger partial charge in [-0.3, -0.25) is 4.79 Å². The number of rotatable bonds is 48. The largest absolute Gasteiger partial charge is 0.394 e. The van der Waals surface area contributed by atoms with Gasteiger partial charge in [-0.05, 0) is 64.2 Å². The average Bonchev–Trinajstić information content (AvgIpc) is 3.24. The molecule has 4 atom stereocenters. The maximum atomic E-state index is 12.6. The highest BCUT2D eigenvalue weighted by Crippen LogP contribution is 2.17. The molecule has 0 aliphatic heterocycles. The zero-order chi connectivity index (χ0) is 43.1. The number of carbonyl (C=O) groups excluding carboxylic acids is 1. The van der Waals surface area contributed by atoms with E-state index in [1.807, 2.05) is 0 Å². The molecule has 0 fully saturated rings. The van der Waals surface area contributed by atoms with Crippen LogP contribution in [0.15, 0.2) is 24.3 Å². The van der Waals surface area contributed by atoms with Gasteiger partial charge in [-0.15, -0.1) is 0 Å². The molecule has 0 aromatic carbocycles. The third kappa shape index (κ3) is 41.9. The first-order chi connectivity index (χ1) is 29.0. The zero-order valence-corrected chi connectivity index (χ0v) is 39.5. The molecule has 350 valence electrons. The number of aliphatic hydroxyl groups excluding tert-OH is 4. The summed E-state index contributed by atoms with van der Waals surface area (Å²) in [5, 5.41) is 43.9. The molecule has 6 heteroatoms. The van der Waals surface area contributed by atoms with Gasteiger partial charge in [0.2, 0.25) is 5.91 Å². The SMILES string of the molecule is CCCCCCCCCCCC/C=C\CCCCCCCCC(O)C(=O)NC(CO)C(O)C(O)CCC/C=C/CCCCCCCCCCCCCCCCCCCC. The van der Waals surface area contributed by atoms with Gasteiger partial charge >= 0.3 is 0 Å². The lowest BCUT2D eigenvalue weighted by Crippen LogP contribution is -2.53. The molecule has 1 amide bonds. The fourth-order valence-electron chi connectivity index (χ4n) is 8.22. The second-order valence-corrected chi connectivity index (χ2v) is 18.2. The highest BCUT2D eigenvalue weighted by Gasteiger charge is 2.28. The van der Waals surface area contributed by atoms with Crippen LogP contribution in [0.2, 0.25) is 0 Å². The molecule has 59 heavy (non-hydrogen) atoms. The van der Waals surface area contributed by atoms with E-state index >= 15 is 0 Å². The van der Waals surface area contributed by atoms with Crippen molar-refractivity contribution in [1.29, 1.82) is 0 Å². The Morgan fingerprint density at radius 2 is 0.695 bits per heavy atom. The summed E-state index contributed by atoms with van der Waals surface area (Å²) in [6, 6.07) is -1.00. The molecule has 0 radical (unpaired) electrons. The van der Waals surface area contributed by atoms with E-state index < -0.39 is 36.9 Å². The highest BCUT2D eigenvalue weighted by molar-refractivity contribution is 5.80. The van der Waals surface area contributed by atoms with Gasteiger partial charge in [0.05, 0.1) is 18.8 Å². The molecule has 0 rings (SSSR count). The lowest BCUT2D eigenvalue weighted by atomic mass is 10.00. The summed E-state index contributed by atoms with van der Waals surface area (Å²) in [5.41, 5.74) is 0. The monoisotopic (exact) mass is 834 g/mol. The van der Waals surface area contributed by atoms with Crippen LogP contribution in [-0.2, 0) is 4.79 Å². The van der Waals surface area contributed by atoms with Gasteiger partial charge in [0.15, 0.2) is 0 Å². The maximum Gasteiger partial charge on any atom is 0.249 e. The number of aliphatic hydroxyl groups is 4. The second-order valence-electron chi connectivity index (χ2n) is 18.2. The summed E-state index contributed by atoms with van der Waals surface area (Å²) in [4.78, 5) is 12.6. The predicted octanol–water partition coefficient (Wildman–Crippen LogP) is 14.7. The van der Waals surface area contributed by atoms with Gasteiger partial charge < -0.3 is 25.7 Å². The van der Waals surface area contributed by atoms with E-state index in [1.54, 1.807) is 0 Å². The normalized spacial score (nSPS) is 14.1. The van der Waals surface area contributed by atoms with Crippen molar-refractivity contribution in [3.05, 3.63) is 24.3 Å². The number of hydrogen-bond donors (Lipinski definition) is 5. The van der Waals surface area contributed by atoms with Gasteiger partial charge in [0.25, 0.3) is 0 Å². The number of hydrogen-bond acceptors (Lipinski definition) is 5. The van der Waals surface area contributed by atoms with Crippen molar-refractivity contribution in [2.24, 2.45) is 0 Å². The van der Waals surface area contributed by atoms with E-state index in [4.69, 9.17) is 0 Å². The first-order valence-electron chi connectivity index (χ1n) is 26.2. The zero-order valence-electron chi connectivity index (χ0n) is 39.5. The summed E-state index contributed by atoms with van der Waals surface area (Å²) in [6.07, 6.45) is 56.6. The Kier molecular flexibility index (Phi) is 46.9. The molecule has 0 saturated carbocycles. The van der Waals surface area contributed by atoms with E-state index in [0.29, 0.717) is 12.8 Å². The molecule has 0 saturated heterocycles. The van der Waals surface area contributed by atoms with Crippen LogP contribution in [0.4, 0.5) is 0 Å². The summed E-state index contributed by atoms with van der Waals surface area (Å²) >= 11 is 0. The van der Waals surface area contributed by atoms with Crippen LogP contribution in [0.5, 0.6) is 0 Å². The van der Waals surface area contributed by atoms with Crippen LogP contribution in [0.3, 0.4) is 0 Å². The standard InChI is InChI=1S/C53H103NO5/c1-3-5-7-9-11-13-15-17-19-21-23-25-26-27-29-30-32-34-36-38-40-42-44-46-50(56)52(58)49(48-55)54-53(59)51(57)47-45-43-41-39-37-35-33-31-28-24-22-20-18-16-14-12-10-8-6-4-2/h28,31,38,40,49-52,55-58H,3-27,29-30,32-37,39,41-48H2,1-2H3,(H,54,59)/b31-28-,40-38+. The topological polar surface area (TPSA) is 110 Å². The molecular formula is C53H103NO5. The molecule has 6 nitrogen and oxygen atoms in total. The predicted molar refractivity (Wildman–Crippen MR) is 256 cm³/mol. The van der Waals surface area contributed by atoms with Crippen LogP contribution in [0.25, 0.3) is 0 Å². The van der Waals surface area contributed by atoms with Gasteiger partial charge in [0.1, 0.15) is 12.2 Å². The number of unbranched alkanes of at least 4 members (excludes halogenated alkanes) is 35. The van der Waals surface area contributed by atoms with Crippen molar-refractivity contribution in [2.45, 2.75) is 301 Å². The molecule has 4 unspecified atom stereocenters. The number of nitrogens with one attached hydrogen (secondary N) is 1. The minimum absolute atomic E-state index is 0.357. The van der Waals surface area contributed by atoms with Crippen molar-refractivity contribution < 1.29 is 25.2 Å². The Bertz CT molecular complexity index is 893. The summed E-state index contributed by atoms with van der Waals surface area (Å²) in [6.45, 7) is 4.07. The average molecular weight is 834 g/mol. The Morgan fingerprint density at radius 1 is 0.407 bits per heavy atom. The quantitative estimate of drug-likeness (QED) is 0.0310. The third-order valence-corrected chi connectivity index (χ3v) is 12.4. The van der Waals surface area contributed by atoms with Crippen LogP contribution >= 0.6 is 0 Å². The van der Waals surface area contributed by atoms with Gasteiger partial charge in [-0.1, -0.05) is 237 Å². The van der Waals surface area contributed by atoms with Gasteiger partial charge in [-0.25, -0.2) is 0 Å². The van der Waals surface area contributed by atoms with Crippen molar-refractivity contribution in [3.63, 3.8) is 0 Å². The molecule has 0 aromatic rings. The number of carbonyl (C=O) groups is 1. The molecule has 0 heterocycles. The molecule has 0 aromatic heterocycles. The first kappa shape index (κ1) is 57.8. The lowest BCUT2D eigenvalue weighted by Gasteiger charge is -2.27. The Hall–Kier alpha value is -1.21. The second kappa shape index (κ2) is 47.8. The van der Waals surface area contributed by atoms with Crippen LogP contribution < -0.4 is 5.32 Å². The molecule has 0 aliphatic rings. The Labute approximate surface area is 367 Å². The molecule has 0 spiro atoms. The molecule has 0 bridgehead atoms. The Morgan fingerprint density at radius 3 is 1.02 bits per heavy atom. The molecular weight excluding hydrogens is 731 g/mol. The summed E-state index contributed by atoms with van der Waals surface area (Å²) in [7, 11) is 0. The van der Waals surface area contributed by atoms with Crippen molar-refractivity contribution >= 4 is 5.91 Å². The maximum absolute atomic E-state index is 12.6. The minimum Gasteiger partial charge on any atom is -0.394 e. The van der Waals surface area contributed by atoms with Gasteiger partial charge in [0, 0.05) is 0 Å². The van der Waals surface area contributed by atoms with Crippen LogP contribution in [0.1, 0.15) is 277 Å². The molecule has 0 aliphatic carbocycles. The van der Waals surface area contributed by atoms with E-state index in [9.17, 15) is 25.2 Å². The van der Waals surface area contributed by atoms with Crippen molar-refractivity contribution in [1.82, 2.24) is 5.32 Å². The minimum atomic E-state index is -1.28. The van der Waals surface area contributed by atoms with E-state index in [-0.39, 0.29) is 0 Å². The summed E-state index contributed by atoms with van der Waals surface area (Å²) in [5.74, 6) is -0.595. The third-order valence-electron chi connectivity index (χ3n) is 12.4. The first-order valence-corrected chi connectivity index (χ1v) is 26.2. The van der Waals surface area contributed by atoms with E-state index in [0.717, 1.165) is 44.9 Å². The fraction of sp³-hybridized carbons (Fsp3) is 0.906. The summed E-state index contributed by atoms with van der Waals surface area (Å²) < 4.78 is 0. The lowest BCUT2D eigenvalue weighted by molar-refractivity contribution is -0.132. The number of allylic oxidation sites excluding steroid dienone is 4. The Balaban J connectivity index is 3.70. The van der Waals surface area contributed by atoms with Crippen molar-refractivity contribution in [3.8, 4) is 0 Å². The fourth-order valence-corrected chi connectivity index (χ4v) is 8.22. The highest BCUT2D eigenvalue weighted by atomic mass is 16.3. The number of amides is 1. The van der Waals surface area contributed by atoms with Crippen molar-refractivity contribution in [2.75, 3.05) is 6.61 Å². The molecule has 5 N–H and O–H groups in total. The van der Waals surface area contributed by atoms with Crippen LogP contribution in [0, 0.1) is 0 Å². The van der Waals surface area contributed by atoms with Crippen LogP contribution in [-0.4, -0.2) is 57.3 Å². The van der Waals surface area contributed by atoms with E-state index in [2.05, 4.69) is 43.5 Å². The van der Waals surface area contributed by atoms with Gasteiger partial charge in [-0.2, -0.15) is 0 Å². The van der Waals surface area contributed by atoms with E-state index in [1.165, 1.54) is 205 Å².